The molecule has 3 aromatic rings. The number of carbonyl (C=O) groups is 2. The van der Waals surface area contributed by atoms with Crippen molar-refractivity contribution in [1.29, 1.82) is 0 Å². The summed E-state index contributed by atoms with van der Waals surface area (Å²) in [4.78, 5) is 30.4. The van der Waals surface area contributed by atoms with Gasteiger partial charge in [-0.2, -0.15) is 8.42 Å². The third-order valence-electron chi connectivity index (χ3n) is 5.89. The molecule has 0 bridgehead atoms. The van der Waals surface area contributed by atoms with Crippen molar-refractivity contribution in [3.05, 3.63) is 87.2 Å². The Kier molecular flexibility index (Phi) is 9.68. The van der Waals surface area contributed by atoms with Gasteiger partial charge in [-0.25, -0.2) is 9.78 Å². The first-order valence-corrected chi connectivity index (χ1v) is 15.5. The molecule has 2 amide bonds. The number of amides is 2. The number of thiazole rings is 1. The van der Waals surface area contributed by atoms with Gasteiger partial charge in [-0.05, 0) is 42.0 Å². The Morgan fingerprint density at radius 3 is 2.40 bits per heavy atom. The largest absolute Gasteiger partial charge is 0.453 e. The molecule has 1 aliphatic heterocycles. The van der Waals surface area contributed by atoms with Crippen LogP contribution in [0, 0.1) is 0 Å². The Labute approximate surface area is 240 Å². The molecule has 4 rings (SSSR count). The molecule has 2 heterocycles. The van der Waals surface area contributed by atoms with Gasteiger partial charge in [0.05, 0.1) is 35.6 Å². The van der Waals surface area contributed by atoms with Crippen molar-refractivity contribution in [2.75, 3.05) is 11.8 Å². The molecule has 212 valence electrons. The molecule has 3 unspecified atom stereocenters. The molecule has 40 heavy (non-hydrogen) atoms. The van der Waals surface area contributed by atoms with Gasteiger partial charge in [0.1, 0.15) is 11.0 Å². The number of hydrogen-bond acceptors (Lipinski definition) is 9. The first-order valence-electron chi connectivity index (χ1n) is 12.2. The lowest BCUT2D eigenvalue weighted by molar-refractivity contribution is -0.123. The summed E-state index contributed by atoms with van der Waals surface area (Å²) in [6.07, 6.45) is -0.148. The third-order valence-corrected chi connectivity index (χ3v) is 8.18. The van der Waals surface area contributed by atoms with E-state index in [0.29, 0.717) is 12.1 Å². The van der Waals surface area contributed by atoms with Crippen LogP contribution in [0.25, 0.3) is 5.70 Å². The summed E-state index contributed by atoms with van der Waals surface area (Å²) in [5.74, 6) is -0.416. The van der Waals surface area contributed by atoms with Crippen molar-refractivity contribution in [2.45, 2.75) is 37.2 Å². The second kappa shape index (κ2) is 13.2. The summed E-state index contributed by atoms with van der Waals surface area (Å²) in [5, 5.41) is 13.9. The van der Waals surface area contributed by atoms with Crippen LogP contribution in [0.15, 0.2) is 65.4 Å². The molecule has 0 saturated carbocycles. The van der Waals surface area contributed by atoms with Crippen molar-refractivity contribution in [3.8, 4) is 0 Å². The maximum Gasteiger partial charge on any atom is 0.407 e. The fourth-order valence-corrected chi connectivity index (χ4v) is 6.07. The van der Waals surface area contributed by atoms with E-state index in [1.54, 1.807) is 23.9 Å². The van der Waals surface area contributed by atoms with Gasteiger partial charge in [0, 0.05) is 11.8 Å². The Hall–Kier alpha value is -3.59. The molecular formula is C26H29N5O6S3. The molecule has 2 aromatic carbocycles. The van der Waals surface area contributed by atoms with E-state index >= 15 is 0 Å². The minimum Gasteiger partial charge on any atom is -0.453 e. The van der Waals surface area contributed by atoms with E-state index in [0.717, 1.165) is 21.8 Å². The number of alkyl carbamates (subject to hydrolysis) is 1. The van der Waals surface area contributed by atoms with Gasteiger partial charge in [-0.15, -0.1) is 23.1 Å². The van der Waals surface area contributed by atoms with Crippen LogP contribution < -0.4 is 20.7 Å². The Morgan fingerprint density at radius 2 is 1.77 bits per heavy atom. The summed E-state index contributed by atoms with van der Waals surface area (Å²) in [6.45, 7) is 2.05. The predicted octanol–water partition coefficient (Wildman–Crippen LogP) is 3.71. The molecule has 1 aliphatic rings. The molecule has 0 fully saturated rings. The zero-order valence-corrected chi connectivity index (χ0v) is 24.1. The number of aromatic nitrogens is 1. The van der Waals surface area contributed by atoms with Crippen LogP contribution in [-0.4, -0.2) is 48.5 Å². The number of nitrogens with zero attached hydrogens (tertiary/aromatic N) is 1. The predicted molar refractivity (Wildman–Crippen MR) is 156 cm³/mol. The van der Waals surface area contributed by atoms with E-state index in [9.17, 15) is 18.0 Å². The number of anilines is 1. The van der Waals surface area contributed by atoms with E-state index in [4.69, 9.17) is 14.3 Å². The lowest BCUT2D eigenvalue weighted by atomic mass is 10.0. The lowest BCUT2D eigenvalue weighted by Gasteiger charge is -2.23. The second-order valence-electron chi connectivity index (χ2n) is 8.95. The molecule has 14 heteroatoms. The SMILES string of the molecule is COC(=O)NC(Cc1ccccc1)C(=O)NC(Cc1ccc(NS(=O)(=O)O)cc1)c1csc(C2=CSC(C)N2)n1. The summed E-state index contributed by atoms with van der Waals surface area (Å²) in [7, 11) is -3.17. The summed E-state index contributed by atoms with van der Waals surface area (Å²) in [6, 6.07) is 14.2. The number of benzene rings is 2. The van der Waals surface area contributed by atoms with Gasteiger partial charge in [0.15, 0.2) is 0 Å². The molecule has 0 spiro atoms. The Morgan fingerprint density at radius 1 is 1.07 bits per heavy atom. The highest BCUT2D eigenvalue weighted by atomic mass is 32.2. The van der Waals surface area contributed by atoms with Crippen molar-refractivity contribution < 1.29 is 27.3 Å². The highest BCUT2D eigenvalue weighted by molar-refractivity contribution is 8.03. The van der Waals surface area contributed by atoms with Crippen LogP contribution in [-0.2, 0) is 32.7 Å². The van der Waals surface area contributed by atoms with Crippen molar-refractivity contribution in [1.82, 2.24) is 20.9 Å². The summed E-state index contributed by atoms with van der Waals surface area (Å²) < 4.78 is 38.1. The number of ether oxygens (including phenoxy) is 1. The van der Waals surface area contributed by atoms with E-state index in [-0.39, 0.29) is 17.5 Å². The molecule has 5 N–H and O–H groups in total. The number of hydrogen-bond donors (Lipinski definition) is 5. The van der Waals surface area contributed by atoms with E-state index in [1.165, 1.54) is 30.6 Å². The second-order valence-corrected chi connectivity index (χ2v) is 12.2. The zero-order valence-electron chi connectivity index (χ0n) is 21.7. The fraction of sp³-hybridized carbons (Fsp3) is 0.269. The first kappa shape index (κ1) is 29.4. The standard InChI is InChI=1S/C26H29N5O6S3/c1-16-27-23(15-38-16)25-29-22(14-39-25)20(12-18-8-10-19(11-9-18)31-40(34,35)36)28-24(32)21(30-26(33)37-2)13-17-6-4-3-5-7-17/h3-11,14-16,20-21,27,31H,12-13H2,1-2H3,(H,28,32)(H,30,33)(H,34,35,36). The van der Waals surface area contributed by atoms with Crippen LogP contribution >= 0.6 is 23.1 Å². The maximum atomic E-state index is 13.6. The minimum atomic E-state index is -4.40. The van der Waals surface area contributed by atoms with E-state index in [2.05, 4.69) is 16.0 Å². The smallest absolute Gasteiger partial charge is 0.407 e. The number of thioether (sulfide) groups is 1. The van der Waals surface area contributed by atoms with Crippen LogP contribution in [0.1, 0.15) is 34.8 Å². The van der Waals surface area contributed by atoms with Crippen LogP contribution in [0.2, 0.25) is 0 Å². The van der Waals surface area contributed by atoms with Crippen molar-refractivity contribution in [3.63, 3.8) is 0 Å². The topological polar surface area (TPSA) is 159 Å². The van der Waals surface area contributed by atoms with Gasteiger partial charge < -0.3 is 20.7 Å². The summed E-state index contributed by atoms with van der Waals surface area (Å²) in [5.41, 5.74) is 3.38. The number of carbonyl (C=O) groups excluding carboxylic acids is 2. The number of methoxy groups -OCH3 is 1. The molecule has 0 aliphatic carbocycles. The van der Waals surface area contributed by atoms with E-state index < -0.39 is 34.4 Å². The average molecular weight is 604 g/mol. The van der Waals surface area contributed by atoms with Gasteiger partial charge in [0.25, 0.3) is 0 Å². The van der Waals surface area contributed by atoms with Crippen LogP contribution in [0.4, 0.5) is 10.5 Å². The summed E-state index contributed by atoms with van der Waals surface area (Å²) >= 11 is 3.10. The molecular weight excluding hydrogens is 575 g/mol. The highest BCUT2D eigenvalue weighted by Crippen LogP contribution is 2.31. The maximum absolute atomic E-state index is 13.6. The first-order chi connectivity index (χ1) is 19.1. The van der Waals surface area contributed by atoms with Crippen LogP contribution in [0.5, 0.6) is 0 Å². The molecule has 0 radical (unpaired) electrons. The van der Waals surface area contributed by atoms with Gasteiger partial charge >= 0.3 is 16.4 Å². The minimum absolute atomic E-state index is 0.193. The van der Waals surface area contributed by atoms with Crippen molar-refractivity contribution >= 4 is 56.8 Å². The van der Waals surface area contributed by atoms with Gasteiger partial charge in [-0.3, -0.25) is 14.1 Å². The Balaban J connectivity index is 1.58. The molecule has 0 saturated heterocycles. The fourth-order valence-electron chi connectivity index (χ4n) is 3.99. The van der Waals surface area contributed by atoms with E-state index in [1.807, 2.05) is 52.8 Å². The van der Waals surface area contributed by atoms with Crippen molar-refractivity contribution in [2.24, 2.45) is 0 Å². The Bertz CT molecular complexity index is 1460. The molecule has 11 nitrogen and oxygen atoms in total. The van der Waals surface area contributed by atoms with Gasteiger partial charge in [-0.1, -0.05) is 42.5 Å². The highest BCUT2D eigenvalue weighted by Gasteiger charge is 2.27. The average Bonchev–Trinajstić information content (AvgIpc) is 3.58. The quantitative estimate of drug-likeness (QED) is 0.206. The number of rotatable bonds is 11. The molecule has 3 atom stereocenters. The van der Waals surface area contributed by atoms with Crippen LogP contribution in [0.3, 0.4) is 0 Å². The normalized spacial score (nSPS) is 16.3. The van der Waals surface area contributed by atoms with Gasteiger partial charge in [0.2, 0.25) is 5.91 Å². The zero-order chi connectivity index (χ0) is 28.7. The monoisotopic (exact) mass is 603 g/mol. The molecule has 1 aromatic heterocycles. The lowest BCUT2D eigenvalue weighted by Crippen LogP contribution is -2.49. The third kappa shape index (κ3) is 8.45. The number of nitrogens with one attached hydrogen (secondary N) is 4.